The first-order chi connectivity index (χ1) is 13.0. The van der Waals surface area contributed by atoms with E-state index in [1.165, 1.54) is 0 Å². The molecular formula is C20H19Cl2N3O2. The predicted molar refractivity (Wildman–Crippen MR) is 106 cm³/mol. The molecule has 0 saturated carbocycles. The number of nitrogens with zero attached hydrogens (tertiary/aromatic N) is 2. The van der Waals surface area contributed by atoms with Crippen molar-refractivity contribution in [2.45, 2.75) is 26.6 Å². The summed E-state index contributed by atoms with van der Waals surface area (Å²) in [5.74, 6) is 0.420. The molecule has 3 rings (SSSR count). The smallest absolute Gasteiger partial charge is 0.251 e. The zero-order chi connectivity index (χ0) is 19.2. The van der Waals surface area contributed by atoms with Crippen LogP contribution in [0.1, 0.15) is 28.5 Å². The molecule has 27 heavy (non-hydrogen) atoms. The first-order valence-electron chi connectivity index (χ1n) is 8.52. The second-order valence-corrected chi connectivity index (χ2v) is 6.75. The van der Waals surface area contributed by atoms with Gasteiger partial charge in [0.05, 0.1) is 17.3 Å². The molecule has 0 spiro atoms. The molecule has 0 aliphatic rings. The fourth-order valence-electron chi connectivity index (χ4n) is 2.45. The van der Waals surface area contributed by atoms with Crippen molar-refractivity contribution in [3.63, 3.8) is 0 Å². The molecule has 1 heterocycles. The van der Waals surface area contributed by atoms with Crippen molar-refractivity contribution in [3.05, 3.63) is 81.6 Å². The number of carbonyl (C=O) groups excluding carboxylic acids is 1. The number of nitrogens with one attached hydrogen (secondary N) is 1. The first-order valence-corrected chi connectivity index (χ1v) is 9.28. The van der Waals surface area contributed by atoms with Gasteiger partial charge in [-0.15, -0.1) is 0 Å². The molecular weight excluding hydrogens is 385 g/mol. The van der Waals surface area contributed by atoms with Crippen molar-refractivity contribution in [3.8, 4) is 5.75 Å². The van der Waals surface area contributed by atoms with Gasteiger partial charge in [-0.1, -0.05) is 35.3 Å². The van der Waals surface area contributed by atoms with Crippen molar-refractivity contribution >= 4 is 29.1 Å². The minimum absolute atomic E-state index is 0.144. The Morgan fingerprint density at radius 2 is 1.93 bits per heavy atom. The lowest BCUT2D eigenvalue weighted by atomic mass is 10.1. The van der Waals surface area contributed by atoms with E-state index in [9.17, 15) is 4.79 Å². The van der Waals surface area contributed by atoms with E-state index in [0.717, 1.165) is 17.8 Å². The molecule has 0 radical (unpaired) electrons. The molecule has 3 aromatic rings. The highest BCUT2D eigenvalue weighted by Crippen LogP contribution is 2.28. The molecule has 0 aliphatic heterocycles. The number of benzene rings is 2. The Hall–Kier alpha value is -2.50. The van der Waals surface area contributed by atoms with E-state index in [2.05, 4.69) is 10.4 Å². The summed E-state index contributed by atoms with van der Waals surface area (Å²) < 4.78 is 7.52. The summed E-state index contributed by atoms with van der Waals surface area (Å²) in [4.78, 5) is 12.3. The Bertz CT molecular complexity index is 923. The van der Waals surface area contributed by atoms with E-state index in [1.807, 2.05) is 36.0 Å². The standard InChI is InChI=1S/C20H19Cl2N3O2/c1-2-25-10-9-17(24-25)12-23-20(26)15-5-3-14(4-6-15)13-27-19-8-7-16(21)11-18(19)22/h3-11H,2,12-13H2,1H3,(H,23,26). The minimum atomic E-state index is -0.144. The van der Waals surface area contributed by atoms with Crippen LogP contribution in [0.2, 0.25) is 10.0 Å². The van der Waals surface area contributed by atoms with Crippen molar-refractivity contribution in [1.29, 1.82) is 0 Å². The average molecular weight is 404 g/mol. The van der Waals surface area contributed by atoms with Gasteiger partial charge in [-0.05, 0) is 48.9 Å². The molecule has 1 aromatic heterocycles. The third-order valence-electron chi connectivity index (χ3n) is 3.95. The van der Waals surface area contributed by atoms with Gasteiger partial charge in [-0.2, -0.15) is 5.10 Å². The zero-order valence-electron chi connectivity index (χ0n) is 14.8. The minimum Gasteiger partial charge on any atom is -0.487 e. The van der Waals surface area contributed by atoms with Crippen LogP contribution in [0.4, 0.5) is 0 Å². The van der Waals surface area contributed by atoms with Crippen molar-refractivity contribution in [2.24, 2.45) is 0 Å². The van der Waals surface area contributed by atoms with Crippen LogP contribution in [0.15, 0.2) is 54.7 Å². The summed E-state index contributed by atoms with van der Waals surface area (Å²) in [5.41, 5.74) is 2.34. The number of rotatable bonds is 7. The molecule has 0 fully saturated rings. The molecule has 5 nitrogen and oxygen atoms in total. The second-order valence-electron chi connectivity index (χ2n) is 5.91. The van der Waals surface area contributed by atoms with Gasteiger partial charge in [0, 0.05) is 23.3 Å². The van der Waals surface area contributed by atoms with Crippen molar-refractivity contribution < 1.29 is 9.53 Å². The summed E-state index contributed by atoms with van der Waals surface area (Å²) in [6.07, 6.45) is 1.89. The lowest BCUT2D eigenvalue weighted by Gasteiger charge is -2.09. The number of hydrogen-bond donors (Lipinski definition) is 1. The van der Waals surface area contributed by atoms with E-state index >= 15 is 0 Å². The fraction of sp³-hybridized carbons (Fsp3) is 0.200. The van der Waals surface area contributed by atoms with Gasteiger partial charge in [0.2, 0.25) is 0 Å². The van der Waals surface area contributed by atoms with Gasteiger partial charge in [0.15, 0.2) is 0 Å². The van der Waals surface area contributed by atoms with Crippen LogP contribution in [-0.2, 0) is 19.7 Å². The van der Waals surface area contributed by atoms with Crippen molar-refractivity contribution in [1.82, 2.24) is 15.1 Å². The van der Waals surface area contributed by atoms with Gasteiger partial charge < -0.3 is 10.1 Å². The number of aryl methyl sites for hydroxylation is 1. The Labute approximate surface area is 167 Å². The molecule has 0 atom stereocenters. The van der Waals surface area contributed by atoms with E-state index < -0.39 is 0 Å². The van der Waals surface area contributed by atoms with Crippen molar-refractivity contribution in [2.75, 3.05) is 0 Å². The Morgan fingerprint density at radius 1 is 1.15 bits per heavy atom. The summed E-state index contributed by atoms with van der Waals surface area (Å²) in [7, 11) is 0. The molecule has 0 saturated heterocycles. The number of ether oxygens (including phenoxy) is 1. The lowest BCUT2D eigenvalue weighted by Crippen LogP contribution is -2.23. The highest BCUT2D eigenvalue weighted by atomic mass is 35.5. The summed E-state index contributed by atoms with van der Waals surface area (Å²) in [5, 5.41) is 8.23. The number of halogens is 2. The second kappa shape index (κ2) is 8.93. The number of hydrogen-bond acceptors (Lipinski definition) is 3. The third kappa shape index (κ3) is 5.25. The van der Waals surface area contributed by atoms with E-state index in [-0.39, 0.29) is 5.91 Å². The van der Waals surface area contributed by atoms with Crippen LogP contribution in [0.3, 0.4) is 0 Å². The maximum Gasteiger partial charge on any atom is 0.251 e. The van der Waals surface area contributed by atoms with Crippen LogP contribution >= 0.6 is 23.2 Å². The normalized spacial score (nSPS) is 10.6. The monoisotopic (exact) mass is 403 g/mol. The van der Waals surface area contributed by atoms with Crippen LogP contribution in [0.25, 0.3) is 0 Å². The maximum absolute atomic E-state index is 12.3. The maximum atomic E-state index is 12.3. The number of carbonyl (C=O) groups is 1. The van der Waals surface area contributed by atoms with Crippen LogP contribution in [-0.4, -0.2) is 15.7 Å². The molecule has 1 amide bonds. The van der Waals surface area contributed by atoms with Gasteiger partial charge in [0.25, 0.3) is 5.91 Å². The van der Waals surface area contributed by atoms with Gasteiger partial charge in [-0.25, -0.2) is 0 Å². The highest BCUT2D eigenvalue weighted by molar-refractivity contribution is 6.35. The fourth-order valence-corrected chi connectivity index (χ4v) is 2.92. The average Bonchev–Trinajstić information content (AvgIpc) is 3.14. The lowest BCUT2D eigenvalue weighted by molar-refractivity contribution is 0.0950. The SMILES string of the molecule is CCn1ccc(CNC(=O)c2ccc(COc3ccc(Cl)cc3Cl)cc2)n1. The summed E-state index contributed by atoms with van der Waals surface area (Å²) in [6, 6.07) is 14.2. The molecule has 1 N–H and O–H groups in total. The topological polar surface area (TPSA) is 56.2 Å². The Kier molecular flexibility index (Phi) is 6.37. The Balaban J connectivity index is 1.53. The molecule has 0 unspecified atom stereocenters. The Morgan fingerprint density at radius 3 is 2.59 bits per heavy atom. The molecule has 2 aromatic carbocycles. The number of amides is 1. The van der Waals surface area contributed by atoms with E-state index in [0.29, 0.717) is 34.5 Å². The van der Waals surface area contributed by atoms with Gasteiger partial charge in [-0.3, -0.25) is 9.48 Å². The van der Waals surface area contributed by atoms with Crippen LogP contribution in [0.5, 0.6) is 5.75 Å². The highest BCUT2D eigenvalue weighted by Gasteiger charge is 2.07. The molecule has 7 heteroatoms. The van der Waals surface area contributed by atoms with E-state index in [1.54, 1.807) is 30.3 Å². The predicted octanol–water partition coefficient (Wildman–Crippen LogP) is 4.72. The zero-order valence-corrected chi connectivity index (χ0v) is 16.3. The van der Waals surface area contributed by atoms with Gasteiger partial charge >= 0.3 is 0 Å². The van der Waals surface area contributed by atoms with Crippen LogP contribution in [0, 0.1) is 0 Å². The van der Waals surface area contributed by atoms with Gasteiger partial charge in [0.1, 0.15) is 12.4 Å². The van der Waals surface area contributed by atoms with E-state index in [4.69, 9.17) is 27.9 Å². The first kappa shape index (κ1) is 19.3. The molecule has 0 bridgehead atoms. The summed E-state index contributed by atoms with van der Waals surface area (Å²) in [6.45, 7) is 3.56. The quantitative estimate of drug-likeness (QED) is 0.620. The largest absolute Gasteiger partial charge is 0.487 e. The molecule has 140 valence electrons. The number of aromatic nitrogens is 2. The summed E-state index contributed by atoms with van der Waals surface area (Å²) >= 11 is 12.0. The molecule has 0 aliphatic carbocycles. The third-order valence-corrected chi connectivity index (χ3v) is 4.48. The van der Waals surface area contributed by atoms with Crippen LogP contribution < -0.4 is 10.1 Å².